The summed E-state index contributed by atoms with van der Waals surface area (Å²) in [6.07, 6.45) is -1.29. The summed E-state index contributed by atoms with van der Waals surface area (Å²) in [4.78, 5) is 22.5. The average molecular weight is 407 g/mol. The molecule has 10 heteroatoms. The monoisotopic (exact) mass is 405 g/mol. The molecule has 2 aromatic carbocycles. The van der Waals surface area contributed by atoms with Gasteiger partial charge in [-0.05, 0) is 18.2 Å². The van der Waals surface area contributed by atoms with Crippen molar-refractivity contribution in [2.24, 2.45) is 0 Å². The SMILES string of the molecule is O=C(N[C@H](Nc1ccccc1F)C(Cl)(Cl)Cl)c1cccc([N+](=O)[O-])c1. The molecule has 0 radical (unpaired) electrons. The predicted octanol–water partition coefficient (Wildman–Crippen LogP) is 4.27. The van der Waals surface area contributed by atoms with E-state index >= 15 is 0 Å². The largest absolute Gasteiger partial charge is 0.359 e. The smallest absolute Gasteiger partial charge is 0.270 e. The summed E-state index contributed by atoms with van der Waals surface area (Å²) in [5.74, 6) is -1.34. The van der Waals surface area contributed by atoms with Crippen LogP contribution in [0.15, 0.2) is 48.5 Å². The van der Waals surface area contributed by atoms with Crippen LogP contribution in [0.4, 0.5) is 15.8 Å². The number of nitrogens with zero attached hydrogens (tertiary/aromatic N) is 1. The van der Waals surface area contributed by atoms with E-state index in [-0.39, 0.29) is 16.9 Å². The average Bonchev–Trinajstić information content (AvgIpc) is 2.55. The summed E-state index contributed by atoms with van der Waals surface area (Å²) in [5.41, 5.74) is -0.262. The summed E-state index contributed by atoms with van der Waals surface area (Å²) in [7, 11) is 0. The number of alkyl halides is 3. The number of hydrogen-bond donors (Lipinski definition) is 2. The summed E-state index contributed by atoms with van der Waals surface area (Å²) in [6.45, 7) is 0. The number of carbonyl (C=O) groups is 1. The van der Waals surface area contributed by atoms with Gasteiger partial charge in [0, 0.05) is 17.7 Å². The molecule has 0 saturated carbocycles. The van der Waals surface area contributed by atoms with Crippen molar-refractivity contribution >= 4 is 52.1 Å². The molecule has 25 heavy (non-hydrogen) atoms. The minimum atomic E-state index is -2.02. The van der Waals surface area contributed by atoms with Gasteiger partial charge in [0.25, 0.3) is 11.6 Å². The molecular weight excluding hydrogens is 396 g/mol. The minimum absolute atomic E-state index is 0.0104. The van der Waals surface area contributed by atoms with E-state index < -0.39 is 26.6 Å². The molecule has 0 heterocycles. The van der Waals surface area contributed by atoms with Crippen LogP contribution in [-0.4, -0.2) is 20.8 Å². The van der Waals surface area contributed by atoms with E-state index in [0.717, 1.165) is 6.07 Å². The first kappa shape index (κ1) is 19.2. The highest BCUT2D eigenvalue weighted by Gasteiger charge is 2.35. The molecule has 1 amide bonds. The van der Waals surface area contributed by atoms with Gasteiger partial charge in [-0.2, -0.15) is 0 Å². The molecule has 0 aromatic heterocycles. The van der Waals surface area contributed by atoms with E-state index in [1.807, 2.05) is 0 Å². The molecule has 6 nitrogen and oxygen atoms in total. The van der Waals surface area contributed by atoms with Crippen molar-refractivity contribution in [2.45, 2.75) is 9.96 Å². The van der Waals surface area contributed by atoms with Crippen molar-refractivity contribution < 1.29 is 14.1 Å². The van der Waals surface area contributed by atoms with Gasteiger partial charge >= 0.3 is 0 Å². The van der Waals surface area contributed by atoms with Crippen LogP contribution in [0.2, 0.25) is 0 Å². The number of hydrogen-bond acceptors (Lipinski definition) is 4. The number of nitro benzene ring substituents is 1. The highest BCUT2D eigenvalue weighted by atomic mass is 35.6. The fraction of sp³-hybridized carbons (Fsp3) is 0.133. The van der Waals surface area contributed by atoms with Gasteiger partial charge in [-0.1, -0.05) is 53.0 Å². The Labute approximate surface area is 157 Å². The predicted molar refractivity (Wildman–Crippen MR) is 94.7 cm³/mol. The fourth-order valence-corrected chi connectivity index (χ4v) is 2.24. The lowest BCUT2D eigenvalue weighted by molar-refractivity contribution is -0.384. The van der Waals surface area contributed by atoms with Crippen LogP contribution in [0, 0.1) is 15.9 Å². The van der Waals surface area contributed by atoms with Gasteiger partial charge in [0.2, 0.25) is 3.79 Å². The Hall–Kier alpha value is -2.09. The first-order valence-electron chi connectivity index (χ1n) is 6.81. The second kappa shape index (κ2) is 7.86. The van der Waals surface area contributed by atoms with Crippen LogP contribution in [0.1, 0.15) is 10.4 Å². The second-order valence-corrected chi connectivity index (χ2v) is 7.25. The summed E-state index contributed by atoms with van der Waals surface area (Å²) < 4.78 is 11.7. The van der Waals surface area contributed by atoms with E-state index in [9.17, 15) is 19.3 Å². The van der Waals surface area contributed by atoms with E-state index in [1.54, 1.807) is 6.07 Å². The Bertz CT molecular complexity index is 799. The van der Waals surface area contributed by atoms with E-state index in [2.05, 4.69) is 10.6 Å². The first-order chi connectivity index (χ1) is 11.7. The number of benzene rings is 2. The van der Waals surface area contributed by atoms with Crippen LogP contribution in [-0.2, 0) is 0 Å². The van der Waals surface area contributed by atoms with Gasteiger partial charge < -0.3 is 10.6 Å². The molecule has 1 atom stereocenters. The summed E-state index contributed by atoms with van der Waals surface area (Å²) >= 11 is 17.5. The molecule has 0 aliphatic heterocycles. The molecule has 0 spiro atoms. The highest BCUT2D eigenvalue weighted by molar-refractivity contribution is 6.68. The number of anilines is 1. The molecule has 0 fully saturated rings. The quantitative estimate of drug-likeness (QED) is 0.336. The van der Waals surface area contributed by atoms with Crippen molar-refractivity contribution in [1.29, 1.82) is 0 Å². The van der Waals surface area contributed by atoms with Crippen molar-refractivity contribution in [3.8, 4) is 0 Å². The maximum Gasteiger partial charge on any atom is 0.270 e. The minimum Gasteiger partial charge on any atom is -0.359 e. The zero-order valence-electron chi connectivity index (χ0n) is 12.4. The lowest BCUT2D eigenvalue weighted by atomic mass is 10.2. The standard InChI is InChI=1S/C15H11Cl3FN3O3/c16-15(17,18)14(20-12-7-2-1-6-11(12)19)21-13(23)9-4-3-5-10(8-9)22(24)25/h1-8,14,20H,(H,21,23)/t14-/m0/s1. The van der Waals surface area contributed by atoms with Crippen molar-refractivity contribution in [3.05, 3.63) is 70.0 Å². The number of amides is 1. The number of nitrogens with one attached hydrogen (secondary N) is 2. The Morgan fingerprint density at radius 3 is 2.44 bits per heavy atom. The molecule has 2 rings (SSSR count). The molecular formula is C15H11Cl3FN3O3. The Morgan fingerprint density at radius 1 is 1.16 bits per heavy atom. The fourth-order valence-electron chi connectivity index (χ4n) is 1.91. The molecule has 2 N–H and O–H groups in total. The van der Waals surface area contributed by atoms with Crippen LogP contribution < -0.4 is 10.6 Å². The number of rotatable bonds is 5. The third-order valence-corrected chi connectivity index (χ3v) is 3.75. The van der Waals surface area contributed by atoms with Gasteiger partial charge in [-0.25, -0.2) is 4.39 Å². The van der Waals surface area contributed by atoms with Crippen molar-refractivity contribution in [2.75, 3.05) is 5.32 Å². The van der Waals surface area contributed by atoms with E-state index in [4.69, 9.17) is 34.8 Å². The van der Waals surface area contributed by atoms with Crippen molar-refractivity contribution in [3.63, 3.8) is 0 Å². The van der Waals surface area contributed by atoms with Crippen LogP contribution >= 0.6 is 34.8 Å². The number of carbonyl (C=O) groups excluding carboxylic acids is 1. The van der Waals surface area contributed by atoms with E-state index in [0.29, 0.717) is 0 Å². The maximum absolute atomic E-state index is 13.8. The molecule has 0 aliphatic rings. The Kier molecular flexibility index (Phi) is 6.05. The summed E-state index contributed by atoms with van der Waals surface area (Å²) in [6, 6.07) is 10.7. The lowest BCUT2D eigenvalue weighted by Gasteiger charge is -2.27. The maximum atomic E-state index is 13.8. The second-order valence-electron chi connectivity index (χ2n) is 4.88. The van der Waals surface area contributed by atoms with Gasteiger partial charge in [0.05, 0.1) is 10.6 Å². The number of non-ortho nitro benzene ring substituents is 1. The van der Waals surface area contributed by atoms with Crippen LogP contribution in [0.5, 0.6) is 0 Å². The van der Waals surface area contributed by atoms with Crippen LogP contribution in [0.3, 0.4) is 0 Å². The third-order valence-electron chi connectivity index (χ3n) is 3.10. The topological polar surface area (TPSA) is 84.3 Å². The Balaban J connectivity index is 2.23. The molecule has 132 valence electrons. The molecule has 0 aliphatic carbocycles. The molecule has 0 unspecified atom stereocenters. The normalized spacial score (nSPS) is 12.3. The molecule has 2 aromatic rings. The van der Waals surface area contributed by atoms with Gasteiger partial charge in [0.1, 0.15) is 12.0 Å². The number of nitro groups is 1. The first-order valence-corrected chi connectivity index (χ1v) is 7.95. The molecule has 0 bridgehead atoms. The summed E-state index contributed by atoms with van der Waals surface area (Å²) in [5, 5.41) is 15.8. The Morgan fingerprint density at radius 2 is 1.84 bits per heavy atom. The zero-order valence-corrected chi connectivity index (χ0v) is 14.6. The third kappa shape index (κ3) is 5.19. The van der Waals surface area contributed by atoms with Crippen molar-refractivity contribution in [1.82, 2.24) is 5.32 Å². The van der Waals surface area contributed by atoms with E-state index in [1.165, 1.54) is 36.4 Å². The van der Waals surface area contributed by atoms with Gasteiger partial charge in [-0.3, -0.25) is 14.9 Å². The number of halogens is 4. The highest BCUT2D eigenvalue weighted by Crippen LogP contribution is 2.31. The molecule has 0 saturated heterocycles. The zero-order chi connectivity index (χ0) is 18.6. The number of para-hydroxylation sites is 1. The van der Waals surface area contributed by atoms with Crippen LogP contribution in [0.25, 0.3) is 0 Å². The van der Waals surface area contributed by atoms with Gasteiger partial charge in [0.15, 0.2) is 0 Å². The van der Waals surface area contributed by atoms with Gasteiger partial charge in [-0.15, -0.1) is 0 Å². The lowest BCUT2D eigenvalue weighted by Crippen LogP contribution is -2.49.